The standard InChI is InChI=1S/C23H25F5O6S/c24-19-6-7-20(25)22-18(19)12-15(13-33-22)21(8-9-29)32-10-1-11-35(30,31)17-4-2-16(3-5-17)34-14-23(26,27)28/h2-7,15,21,29H,1,8-14H2/t15?,21-/m0/s1. The zero-order chi connectivity index (χ0) is 25.6. The molecule has 0 saturated carbocycles. The van der Waals surface area contributed by atoms with Crippen molar-refractivity contribution in [3.63, 3.8) is 0 Å². The van der Waals surface area contributed by atoms with E-state index in [2.05, 4.69) is 4.74 Å². The first-order valence-corrected chi connectivity index (χ1v) is 12.5. The Balaban J connectivity index is 1.53. The quantitative estimate of drug-likeness (QED) is 0.352. The highest BCUT2D eigenvalue weighted by molar-refractivity contribution is 7.91. The molecule has 1 heterocycles. The third-order valence-corrected chi connectivity index (χ3v) is 7.29. The molecule has 0 saturated heterocycles. The van der Waals surface area contributed by atoms with Crippen molar-refractivity contribution in [3.05, 3.63) is 53.6 Å². The second-order valence-electron chi connectivity index (χ2n) is 8.08. The van der Waals surface area contributed by atoms with Gasteiger partial charge in [0.25, 0.3) is 0 Å². The van der Waals surface area contributed by atoms with Crippen LogP contribution in [-0.2, 0) is 21.0 Å². The molecule has 0 radical (unpaired) electrons. The third kappa shape index (κ3) is 7.52. The fourth-order valence-corrected chi connectivity index (χ4v) is 5.05. The summed E-state index contributed by atoms with van der Waals surface area (Å²) in [6, 6.07) is 6.63. The maximum atomic E-state index is 14.1. The van der Waals surface area contributed by atoms with Gasteiger partial charge in [0.05, 0.1) is 23.4 Å². The van der Waals surface area contributed by atoms with Gasteiger partial charge in [0.1, 0.15) is 11.6 Å². The lowest BCUT2D eigenvalue weighted by atomic mass is 9.90. The first-order chi connectivity index (χ1) is 16.5. The molecule has 1 aliphatic rings. The first kappa shape index (κ1) is 27.2. The molecule has 0 fully saturated rings. The molecule has 2 aromatic rings. The fraction of sp³-hybridized carbons (Fsp3) is 0.478. The molecule has 194 valence electrons. The van der Waals surface area contributed by atoms with Gasteiger partial charge in [-0.05, 0) is 55.7 Å². The Labute approximate surface area is 199 Å². The molecule has 12 heteroatoms. The van der Waals surface area contributed by atoms with Crippen LogP contribution in [0.25, 0.3) is 0 Å². The Bertz CT molecular complexity index is 1090. The summed E-state index contributed by atoms with van der Waals surface area (Å²) in [5.41, 5.74) is 0.0954. The van der Waals surface area contributed by atoms with Gasteiger partial charge in [0.2, 0.25) is 0 Å². The van der Waals surface area contributed by atoms with E-state index in [9.17, 15) is 35.5 Å². The smallest absolute Gasteiger partial charge is 0.422 e. The summed E-state index contributed by atoms with van der Waals surface area (Å²) in [6.45, 7) is -1.63. The summed E-state index contributed by atoms with van der Waals surface area (Å²) < 4.78 is 105. The normalized spacial score (nSPS) is 16.9. The summed E-state index contributed by atoms with van der Waals surface area (Å²) in [5.74, 6) is -2.16. The van der Waals surface area contributed by atoms with Crippen LogP contribution in [0.15, 0.2) is 41.3 Å². The minimum absolute atomic E-state index is 0.0195. The van der Waals surface area contributed by atoms with Crippen LogP contribution in [0.3, 0.4) is 0 Å². The number of sulfone groups is 1. The Morgan fingerprint density at radius 3 is 2.43 bits per heavy atom. The first-order valence-electron chi connectivity index (χ1n) is 10.8. The number of aliphatic hydroxyl groups excluding tert-OH is 1. The van der Waals surface area contributed by atoms with Crippen LogP contribution in [0.5, 0.6) is 11.5 Å². The van der Waals surface area contributed by atoms with Gasteiger partial charge >= 0.3 is 6.18 Å². The van der Waals surface area contributed by atoms with Crippen molar-refractivity contribution in [3.8, 4) is 11.5 Å². The molecular weight excluding hydrogens is 499 g/mol. The van der Waals surface area contributed by atoms with Gasteiger partial charge in [-0.2, -0.15) is 13.2 Å². The number of halogens is 5. The summed E-state index contributed by atoms with van der Waals surface area (Å²) in [5, 5.41) is 9.38. The lowest BCUT2D eigenvalue weighted by Gasteiger charge is -2.31. The van der Waals surface area contributed by atoms with Crippen LogP contribution in [0.4, 0.5) is 22.0 Å². The predicted molar refractivity (Wildman–Crippen MR) is 115 cm³/mol. The van der Waals surface area contributed by atoms with Crippen molar-refractivity contribution in [2.24, 2.45) is 5.92 Å². The molecule has 35 heavy (non-hydrogen) atoms. The number of aliphatic hydroxyl groups is 1. The molecule has 0 amide bonds. The van der Waals surface area contributed by atoms with Gasteiger partial charge in [-0.15, -0.1) is 0 Å². The average molecular weight is 525 g/mol. The van der Waals surface area contributed by atoms with Crippen molar-refractivity contribution in [2.45, 2.75) is 36.4 Å². The zero-order valence-electron chi connectivity index (χ0n) is 18.6. The van der Waals surface area contributed by atoms with Crippen LogP contribution in [-0.4, -0.2) is 58.0 Å². The molecule has 6 nitrogen and oxygen atoms in total. The molecule has 2 atom stereocenters. The maximum Gasteiger partial charge on any atom is 0.422 e. The van der Waals surface area contributed by atoms with Crippen molar-refractivity contribution in [1.82, 2.24) is 0 Å². The molecule has 1 aliphatic heterocycles. The van der Waals surface area contributed by atoms with Gasteiger partial charge in [-0.25, -0.2) is 17.2 Å². The summed E-state index contributed by atoms with van der Waals surface area (Å²) >= 11 is 0. The molecule has 3 rings (SSSR count). The predicted octanol–water partition coefficient (Wildman–Crippen LogP) is 4.09. The lowest BCUT2D eigenvalue weighted by molar-refractivity contribution is -0.153. The number of benzene rings is 2. The summed E-state index contributed by atoms with van der Waals surface area (Å²) in [6.07, 6.45) is -4.62. The van der Waals surface area contributed by atoms with E-state index in [1.54, 1.807) is 0 Å². The van der Waals surface area contributed by atoms with E-state index in [-0.39, 0.29) is 72.7 Å². The van der Waals surface area contributed by atoms with E-state index in [0.717, 1.165) is 24.3 Å². The van der Waals surface area contributed by atoms with E-state index in [4.69, 9.17) is 9.47 Å². The summed E-state index contributed by atoms with van der Waals surface area (Å²) in [4.78, 5) is -0.0708. The van der Waals surface area contributed by atoms with Crippen LogP contribution in [0, 0.1) is 17.6 Å². The van der Waals surface area contributed by atoms with Crippen LogP contribution in [0.2, 0.25) is 0 Å². The van der Waals surface area contributed by atoms with E-state index in [1.165, 1.54) is 12.1 Å². The van der Waals surface area contributed by atoms with Gasteiger partial charge in [-0.3, -0.25) is 0 Å². The summed E-state index contributed by atoms with van der Waals surface area (Å²) in [7, 11) is -3.73. The molecular formula is C23H25F5O6S. The van der Waals surface area contributed by atoms with Gasteiger partial charge < -0.3 is 19.3 Å². The highest BCUT2D eigenvalue weighted by atomic mass is 32.2. The zero-order valence-corrected chi connectivity index (χ0v) is 19.4. The average Bonchev–Trinajstić information content (AvgIpc) is 2.82. The third-order valence-electron chi connectivity index (χ3n) is 5.48. The van der Waals surface area contributed by atoms with Crippen LogP contribution < -0.4 is 9.47 Å². The molecule has 0 aliphatic carbocycles. The van der Waals surface area contributed by atoms with Crippen molar-refractivity contribution >= 4 is 9.84 Å². The Hall–Kier alpha value is -2.44. The van der Waals surface area contributed by atoms with E-state index in [1.807, 2.05) is 0 Å². The van der Waals surface area contributed by atoms with Crippen molar-refractivity contribution < 1.29 is 49.7 Å². The van der Waals surface area contributed by atoms with Crippen molar-refractivity contribution in [2.75, 3.05) is 32.2 Å². The van der Waals surface area contributed by atoms with E-state index in [0.29, 0.717) is 0 Å². The minimum Gasteiger partial charge on any atom is -0.490 e. The van der Waals surface area contributed by atoms with Gasteiger partial charge in [0, 0.05) is 24.7 Å². The minimum atomic E-state index is -4.50. The number of fused-ring (bicyclic) bond motifs is 1. The SMILES string of the molecule is O=S(=O)(CCCO[C@@H](CCO)C1COc2c(F)ccc(F)c2C1)c1ccc(OCC(F)(F)F)cc1. The second-order valence-corrected chi connectivity index (χ2v) is 10.2. The van der Waals surface area contributed by atoms with Crippen molar-refractivity contribution in [1.29, 1.82) is 0 Å². The lowest BCUT2D eigenvalue weighted by Crippen LogP contribution is -2.35. The number of hydrogen-bond donors (Lipinski definition) is 1. The number of rotatable bonds is 11. The topological polar surface area (TPSA) is 82.1 Å². The van der Waals surface area contributed by atoms with Gasteiger partial charge in [-0.1, -0.05) is 0 Å². The molecule has 0 bridgehead atoms. The highest BCUT2D eigenvalue weighted by Crippen LogP contribution is 2.34. The molecule has 1 N–H and O–H groups in total. The monoisotopic (exact) mass is 524 g/mol. The second kappa shape index (κ2) is 11.5. The molecule has 2 aromatic carbocycles. The Morgan fingerprint density at radius 2 is 1.77 bits per heavy atom. The maximum absolute atomic E-state index is 14.1. The molecule has 0 aromatic heterocycles. The van der Waals surface area contributed by atoms with Crippen LogP contribution >= 0.6 is 0 Å². The van der Waals surface area contributed by atoms with Gasteiger partial charge in [0.15, 0.2) is 28.0 Å². The molecule has 0 spiro atoms. The Kier molecular flexibility index (Phi) is 8.94. The largest absolute Gasteiger partial charge is 0.490 e. The molecule has 1 unspecified atom stereocenters. The highest BCUT2D eigenvalue weighted by Gasteiger charge is 2.31. The van der Waals surface area contributed by atoms with E-state index >= 15 is 0 Å². The van der Waals surface area contributed by atoms with E-state index < -0.39 is 40.4 Å². The fourth-order valence-electron chi connectivity index (χ4n) is 3.76. The van der Waals surface area contributed by atoms with Crippen LogP contribution in [0.1, 0.15) is 18.4 Å². The number of ether oxygens (including phenoxy) is 3. The Morgan fingerprint density at radius 1 is 1.09 bits per heavy atom. The number of alkyl halides is 3. The number of hydrogen-bond acceptors (Lipinski definition) is 6.